The van der Waals surface area contributed by atoms with Gasteiger partial charge in [-0.2, -0.15) is 0 Å². The molecule has 4 heteroatoms. The molecule has 0 heterocycles. The Balaban J connectivity index is 2.92. The average Bonchev–Trinajstić information content (AvgIpc) is 2.07. The summed E-state index contributed by atoms with van der Waals surface area (Å²) in [6.07, 6.45) is 0. The van der Waals surface area contributed by atoms with E-state index < -0.39 is 0 Å². The van der Waals surface area contributed by atoms with Crippen LogP contribution in [0, 0.1) is 0 Å². The van der Waals surface area contributed by atoms with Crippen LogP contribution in [0.3, 0.4) is 0 Å². The van der Waals surface area contributed by atoms with Gasteiger partial charge in [-0.1, -0.05) is 11.6 Å². The third kappa shape index (κ3) is 2.72. The Kier molecular flexibility index (Phi) is 3.28. The number of hydrogen-bond acceptors (Lipinski definition) is 3. The zero-order chi connectivity index (χ0) is 9.84. The summed E-state index contributed by atoms with van der Waals surface area (Å²) in [5.74, 6) is 0.114. The normalized spacial score (nSPS) is 9.77. The van der Waals surface area contributed by atoms with Crippen molar-refractivity contribution in [3.05, 3.63) is 28.8 Å². The predicted octanol–water partition coefficient (Wildman–Crippen LogP) is 1.72. The molecule has 0 saturated heterocycles. The van der Waals surface area contributed by atoms with Gasteiger partial charge in [0.15, 0.2) is 0 Å². The number of esters is 1. The molecule has 0 aliphatic carbocycles. The first kappa shape index (κ1) is 10.0. The first-order chi connectivity index (χ1) is 6.13. The molecule has 13 heavy (non-hydrogen) atoms. The predicted molar refractivity (Wildman–Crippen MR) is 50.7 cm³/mol. The lowest BCUT2D eigenvalue weighted by atomic mass is 10.2. The van der Waals surface area contributed by atoms with Crippen LogP contribution in [0.4, 0.5) is 0 Å². The summed E-state index contributed by atoms with van der Waals surface area (Å²) in [4.78, 5) is 10.6. The summed E-state index contributed by atoms with van der Waals surface area (Å²) in [5.41, 5.74) is 6.19. The molecule has 0 unspecified atom stereocenters. The molecule has 0 spiro atoms. The zero-order valence-electron chi connectivity index (χ0n) is 7.21. The lowest BCUT2D eigenvalue weighted by Gasteiger charge is -2.04. The third-order valence-electron chi connectivity index (χ3n) is 1.50. The Hall–Kier alpha value is -1.06. The van der Waals surface area contributed by atoms with Gasteiger partial charge in [0, 0.05) is 18.5 Å². The van der Waals surface area contributed by atoms with Crippen LogP contribution in [0.25, 0.3) is 0 Å². The van der Waals surface area contributed by atoms with Crippen molar-refractivity contribution in [1.82, 2.24) is 0 Å². The second-order valence-electron chi connectivity index (χ2n) is 2.55. The molecule has 1 aromatic carbocycles. The van der Waals surface area contributed by atoms with E-state index >= 15 is 0 Å². The molecule has 70 valence electrons. The Morgan fingerprint density at radius 2 is 2.31 bits per heavy atom. The van der Waals surface area contributed by atoms with Crippen LogP contribution in [-0.2, 0) is 11.3 Å². The fraction of sp³-hybridized carbons (Fsp3) is 0.222. The summed E-state index contributed by atoms with van der Waals surface area (Å²) >= 11 is 5.81. The molecule has 0 aliphatic rings. The molecule has 0 fully saturated rings. The quantitative estimate of drug-likeness (QED) is 0.583. The van der Waals surface area contributed by atoms with Crippen molar-refractivity contribution in [2.75, 3.05) is 0 Å². The van der Waals surface area contributed by atoms with Crippen LogP contribution >= 0.6 is 11.6 Å². The fourth-order valence-corrected chi connectivity index (χ4v) is 1.13. The molecule has 2 N–H and O–H groups in total. The first-order valence-corrected chi connectivity index (χ1v) is 4.18. The van der Waals surface area contributed by atoms with Gasteiger partial charge in [0.1, 0.15) is 5.75 Å². The second-order valence-corrected chi connectivity index (χ2v) is 2.96. The minimum atomic E-state index is -0.356. The minimum Gasteiger partial charge on any atom is -0.427 e. The van der Waals surface area contributed by atoms with Crippen molar-refractivity contribution in [3.63, 3.8) is 0 Å². The van der Waals surface area contributed by atoms with E-state index in [2.05, 4.69) is 0 Å². The maximum atomic E-state index is 10.6. The molecular formula is C9H10ClNO2. The van der Waals surface area contributed by atoms with Gasteiger partial charge in [0.05, 0.1) is 0 Å². The van der Waals surface area contributed by atoms with Crippen molar-refractivity contribution in [2.24, 2.45) is 5.73 Å². The summed E-state index contributed by atoms with van der Waals surface area (Å²) in [5, 5.41) is 0.582. The highest BCUT2D eigenvalue weighted by Gasteiger charge is 2.02. The number of ether oxygens (including phenoxy) is 1. The summed E-state index contributed by atoms with van der Waals surface area (Å²) in [6, 6.07) is 4.94. The zero-order valence-corrected chi connectivity index (χ0v) is 7.97. The van der Waals surface area contributed by atoms with Gasteiger partial charge in [0.2, 0.25) is 0 Å². The first-order valence-electron chi connectivity index (χ1n) is 3.80. The molecule has 1 rings (SSSR count). The average molecular weight is 200 g/mol. The van der Waals surface area contributed by atoms with Crippen LogP contribution < -0.4 is 10.5 Å². The number of halogens is 1. The second kappa shape index (κ2) is 4.25. The van der Waals surface area contributed by atoms with Gasteiger partial charge in [-0.3, -0.25) is 4.79 Å². The van der Waals surface area contributed by atoms with Crippen LogP contribution in [-0.4, -0.2) is 5.97 Å². The van der Waals surface area contributed by atoms with Gasteiger partial charge in [-0.25, -0.2) is 0 Å². The monoisotopic (exact) mass is 199 g/mol. The number of benzene rings is 1. The van der Waals surface area contributed by atoms with Crippen molar-refractivity contribution in [3.8, 4) is 5.75 Å². The van der Waals surface area contributed by atoms with Gasteiger partial charge < -0.3 is 10.5 Å². The van der Waals surface area contributed by atoms with Crippen molar-refractivity contribution in [1.29, 1.82) is 0 Å². The number of carbonyl (C=O) groups excluding carboxylic acids is 1. The summed E-state index contributed by atoms with van der Waals surface area (Å²) in [7, 11) is 0. The van der Waals surface area contributed by atoms with Crippen LogP contribution in [0.5, 0.6) is 5.75 Å². The Morgan fingerprint density at radius 1 is 1.62 bits per heavy atom. The van der Waals surface area contributed by atoms with E-state index in [4.69, 9.17) is 22.1 Å². The molecule has 0 atom stereocenters. The van der Waals surface area contributed by atoms with E-state index in [0.717, 1.165) is 5.56 Å². The maximum Gasteiger partial charge on any atom is 0.308 e. The lowest BCUT2D eigenvalue weighted by Crippen LogP contribution is -2.03. The maximum absolute atomic E-state index is 10.6. The van der Waals surface area contributed by atoms with Gasteiger partial charge in [0.25, 0.3) is 0 Å². The lowest BCUT2D eigenvalue weighted by molar-refractivity contribution is -0.131. The Morgan fingerprint density at radius 3 is 2.85 bits per heavy atom. The van der Waals surface area contributed by atoms with E-state index in [0.29, 0.717) is 17.3 Å². The summed E-state index contributed by atoms with van der Waals surface area (Å²) < 4.78 is 4.86. The highest BCUT2D eigenvalue weighted by molar-refractivity contribution is 6.31. The van der Waals surface area contributed by atoms with Crippen molar-refractivity contribution in [2.45, 2.75) is 13.5 Å². The van der Waals surface area contributed by atoms with Crippen LogP contribution in [0.15, 0.2) is 18.2 Å². The topological polar surface area (TPSA) is 52.3 Å². The summed E-state index contributed by atoms with van der Waals surface area (Å²) in [6.45, 7) is 1.67. The van der Waals surface area contributed by atoms with Crippen molar-refractivity contribution >= 4 is 17.6 Å². The van der Waals surface area contributed by atoms with Gasteiger partial charge >= 0.3 is 5.97 Å². The number of rotatable bonds is 2. The Bertz CT molecular complexity index is 325. The molecule has 0 amide bonds. The highest BCUT2D eigenvalue weighted by Crippen LogP contribution is 2.21. The number of carbonyl (C=O) groups is 1. The van der Waals surface area contributed by atoms with E-state index in [1.54, 1.807) is 18.2 Å². The minimum absolute atomic E-state index is 0.327. The van der Waals surface area contributed by atoms with E-state index in [-0.39, 0.29) is 5.97 Å². The number of nitrogens with two attached hydrogens (primary N) is 1. The van der Waals surface area contributed by atoms with E-state index in [1.165, 1.54) is 6.92 Å². The van der Waals surface area contributed by atoms with Gasteiger partial charge in [-0.15, -0.1) is 0 Å². The molecule has 0 aliphatic heterocycles. The van der Waals surface area contributed by atoms with Crippen molar-refractivity contribution < 1.29 is 9.53 Å². The largest absolute Gasteiger partial charge is 0.427 e. The molecule has 0 aromatic heterocycles. The van der Waals surface area contributed by atoms with Crippen LogP contribution in [0.2, 0.25) is 5.02 Å². The molecule has 0 bridgehead atoms. The standard InChI is InChI=1S/C9H10ClNO2/c1-6(12)13-8-2-3-9(10)7(4-8)5-11/h2-4H,5,11H2,1H3. The molecule has 0 saturated carbocycles. The SMILES string of the molecule is CC(=O)Oc1ccc(Cl)c(CN)c1. The molecular weight excluding hydrogens is 190 g/mol. The smallest absolute Gasteiger partial charge is 0.308 e. The fourth-order valence-electron chi connectivity index (χ4n) is 0.937. The molecule has 1 aromatic rings. The molecule has 0 radical (unpaired) electrons. The van der Waals surface area contributed by atoms with Gasteiger partial charge in [-0.05, 0) is 23.8 Å². The van der Waals surface area contributed by atoms with E-state index in [9.17, 15) is 4.79 Å². The number of hydrogen-bond donors (Lipinski definition) is 1. The highest BCUT2D eigenvalue weighted by atomic mass is 35.5. The van der Waals surface area contributed by atoms with E-state index in [1.807, 2.05) is 0 Å². The molecule has 3 nitrogen and oxygen atoms in total. The third-order valence-corrected chi connectivity index (χ3v) is 1.87. The van der Waals surface area contributed by atoms with Crippen LogP contribution in [0.1, 0.15) is 12.5 Å². The Labute approximate surface area is 81.4 Å².